The summed E-state index contributed by atoms with van der Waals surface area (Å²) >= 11 is 1.64. The normalized spacial score (nSPS) is 10.7. The number of benzene rings is 1. The van der Waals surface area contributed by atoms with Crippen molar-refractivity contribution in [2.24, 2.45) is 0 Å². The standard InChI is InChI=1S/C23H32N2O3S/c1-3-10-22(26)24(14-9-15-28-4-2)19-23(27)25(18-21-13-8-16-29-21)17-20-11-6-5-7-12-20/h5-8,11-13,16H,3-4,9-10,14-15,17-19H2,1-2H3. The first-order valence-corrected chi connectivity index (χ1v) is 11.2. The van der Waals surface area contributed by atoms with E-state index in [1.54, 1.807) is 16.2 Å². The van der Waals surface area contributed by atoms with Gasteiger partial charge in [0.25, 0.3) is 0 Å². The fourth-order valence-electron chi connectivity index (χ4n) is 3.06. The zero-order valence-electron chi connectivity index (χ0n) is 17.5. The summed E-state index contributed by atoms with van der Waals surface area (Å²) in [6, 6.07) is 14.0. The third kappa shape index (κ3) is 8.38. The quantitative estimate of drug-likeness (QED) is 0.457. The molecular weight excluding hydrogens is 384 g/mol. The highest BCUT2D eigenvalue weighted by Gasteiger charge is 2.21. The molecule has 0 unspecified atom stereocenters. The zero-order valence-corrected chi connectivity index (χ0v) is 18.3. The molecule has 1 aromatic heterocycles. The third-order valence-corrected chi connectivity index (χ3v) is 5.42. The highest BCUT2D eigenvalue weighted by atomic mass is 32.1. The SMILES string of the molecule is CCCC(=O)N(CCCOCC)CC(=O)N(Cc1ccccc1)Cc1cccs1. The third-order valence-electron chi connectivity index (χ3n) is 4.56. The van der Waals surface area contributed by atoms with E-state index in [1.807, 2.05) is 66.6 Å². The van der Waals surface area contributed by atoms with E-state index in [4.69, 9.17) is 4.74 Å². The molecule has 158 valence electrons. The lowest BCUT2D eigenvalue weighted by Gasteiger charge is -2.28. The molecule has 0 radical (unpaired) electrons. The number of carbonyl (C=O) groups is 2. The molecule has 5 nitrogen and oxygen atoms in total. The van der Waals surface area contributed by atoms with Gasteiger partial charge in [-0.05, 0) is 36.8 Å². The van der Waals surface area contributed by atoms with Gasteiger partial charge < -0.3 is 14.5 Å². The van der Waals surface area contributed by atoms with E-state index in [0.29, 0.717) is 39.3 Å². The van der Waals surface area contributed by atoms with Crippen LogP contribution in [-0.4, -0.2) is 47.9 Å². The monoisotopic (exact) mass is 416 g/mol. The van der Waals surface area contributed by atoms with Crippen molar-refractivity contribution in [2.75, 3.05) is 26.3 Å². The molecule has 2 amide bonds. The van der Waals surface area contributed by atoms with Crippen molar-refractivity contribution in [1.29, 1.82) is 0 Å². The average Bonchev–Trinajstić information content (AvgIpc) is 3.24. The second kappa shape index (κ2) is 13.1. The molecule has 1 heterocycles. The lowest BCUT2D eigenvalue weighted by molar-refractivity contribution is -0.141. The first-order valence-electron chi connectivity index (χ1n) is 10.3. The molecular formula is C23H32N2O3S. The minimum Gasteiger partial charge on any atom is -0.382 e. The summed E-state index contributed by atoms with van der Waals surface area (Å²) in [6.45, 7) is 6.95. The molecule has 2 aromatic rings. The molecule has 1 aromatic carbocycles. The first-order chi connectivity index (χ1) is 14.1. The van der Waals surface area contributed by atoms with Crippen LogP contribution in [0.2, 0.25) is 0 Å². The maximum absolute atomic E-state index is 13.2. The number of hydrogen-bond donors (Lipinski definition) is 0. The van der Waals surface area contributed by atoms with E-state index in [-0.39, 0.29) is 18.4 Å². The Morgan fingerprint density at radius 2 is 1.76 bits per heavy atom. The van der Waals surface area contributed by atoms with E-state index in [9.17, 15) is 9.59 Å². The van der Waals surface area contributed by atoms with Crippen molar-refractivity contribution < 1.29 is 14.3 Å². The van der Waals surface area contributed by atoms with Gasteiger partial charge in [0.1, 0.15) is 0 Å². The first kappa shape index (κ1) is 23.1. The van der Waals surface area contributed by atoms with Crippen LogP contribution in [0.5, 0.6) is 0 Å². The lowest BCUT2D eigenvalue weighted by atomic mass is 10.2. The van der Waals surface area contributed by atoms with Crippen LogP contribution in [0.4, 0.5) is 0 Å². The van der Waals surface area contributed by atoms with Crippen molar-refractivity contribution in [3.63, 3.8) is 0 Å². The number of nitrogens with zero attached hydrogens (tertiary/aromatic N) is 2. The Morgan fingerprint density at radius 3 is 2.41 bits per heavy atom. The van der Waals surface area contributed by atoms with Gasteiger partial charge in [-0.15, -0.1) is 11.3 Å². The summed E-state index contributed by atoms with van der Waals surface area (Å²) in [5.41, 5.74) is 1.08. The predicted molar refractivity (Wildman–Crippen MR) is 118 cm³/mol. The van der Waals surface area contributed by atoms with E-state index in [2.05, 4.69) is 0 Å². The summed E-state index contributed by atoms with van der Waals surface area (Å²) in [5.74, 6) is 0.0104. The highest BCUT2D eigenvalue weighted by molar-refractivity contribution is 7.09. The van der Waals surface area contributed by atoms with Gasteiger partial charge in [0, 0.05) is 37.6 Å². The second-order valence-electron chi connectivity index (χ2n) is 6.93. The number of hydrogen-bond acceptors (Lipinski definition) is 4. The van der Waals surface area contributed by atoms with E-state index >= 15 is 0 Å². The van der Waals surface area contributed by atoms with Crippen molar-refractivity contribution in [3.8, 4) is 0 Å². The van der Waals surface area contributed by atoms with Crippen LogP contribution in [-0.2, 0) is 27.4 Å². The second-order valence-corrected chi connectivity index (χ2v) is 7.96. The summed E-state index contributed by atoms with van der Waals surface area (Å²) in [4.78, 5) is 30.4. The number of carbonyl (C=O) groups excluding carboxylic acids is 2. The van der Waals surface area contributed by atoms with E-state index in [0.717, 1.165) is 23.3 Å². The smallest absolute Gasteiger partial charge is 0.242 e. The molecule has 0 spiro atoms. The number of ether oxygens (including phenoxy) is 1. The van der Waals surface area contributed by atoms with Crippen LogP contribution in [0, 0.1) is 0 Å². The van der Waals surface area contributed by atoms with Crippen LogP contribution in [0.1, 0.15) is 43.6 Å². The van der Waals surface area contributed by atoms with Crippen LogP contribution < -0.4 is 0 Å². The average molecular weight is 417 g/mol. The molecule has 0 saturated heterocycles. The van der Waals surface area contributed by atoms with E-state index in [1.165, 1.54) is 0 Å². The number of rotatable bonds is 13. The van der Waals surface area contributed by atoms with Gasteiger partial charge in [-0.25, -0.2) is 0 Å². The molecule has 0 bridgehead atoms. The summed E-state index contributed by atoms with van der Waals surface area (Å²) in [6.07, 6.45) is 1.98. The van der Waals surface area contributed by atoms with Crippen molar-refractivity contribution >= 4 is 23.2 Å². The van der Waals surface area contributed by atoms with Crippen LogP contribution in [0.3, 0.4) is 0 Å². The molecule has 0 aliphatic rings. The van der Waals surface area contributed by atoms with Gasteiger partial charge in [-0.1, -0.05) is 43.3 Å². The molecule has 0 N–H and O–H groups in total. The summed E-state index contributed by atoms with van der Waals surface area (Å²) in [7, 11) is 0. The number of thiophene rings is 1. The van der Waals surface area contributed by atoms with Crippen LogP contribution in [0.25, 0.3) is 0 Å². The molecule has 0 saturated carbocycles. The van der Waals surface area contributed by atoms with Gasteiger partial charge in [0.15, 0.2) is 0 Å². The van der Waals surface area contributed by atoms with Crippen molar-refractivity contribution in [2.45, 2.75) is 46.2 Å². The van der Waals surface area contributed by atoms with Gasteiger partial charge in [0.05, 0.1) is 13.1 Å². The van der Waals surface area contributed by atoms with Crippen LogP contribution in [0.15, 0.2) is 47.8 Å². The minimum atomic E-state index is -0.0249. The largest absolute Gasteiger partial charge is 0.382 e. The van der Waals surface area contributed by atoms with Crippen molar-refractivity contribution in [1.82, 2.24) is 9.80 Å². The van der Waals surface area contributed by atoms with Gasteiger partial charge in [0.2, 0.25) is 11.8 Å². The number of amides is 2. The Kier molecular flexibility index (Phi) is 10.5. The Bertz CT molecular complexity index is 719. The Hall–Kier alpha value is -2.18. The van der Waals surface area contributed by atoms with Gasteiger partial charge >= 0.3 is 0 Å². The predicted octanol–water partition coefficient (Wildman–Crippen LogP) is 4.33. The molecule has 6 heteroatoms. The van der Waals surface area contributed by atoms with Crippen LogP contribution >= 0.6 is 11.3 Å². The fourth-order valence-corrected chi connectivity index (χ4v) is 3.78. The van der Waals surface area contributed by atoms with Gasteiger partial charge in [-0.3, -0.25) is 9.59 Å². The molecule has 2 rings (SSSR count). The van der Waals surface area contributed by atoms with Gasteiger partial charge in [-0.2, -0.15) is 0 Å². The topological polar surface area (TPSA) is 49.9 Å². The lowest BCUT2D eigenvalue weighted by Crippen LogP contribution is -2.43. The fraction of sp³-hybridized carbons (Fsp3) is 0.478. The molecule has 0 aliphatic heterocycles. The van der Waals surface area contributed by atoms with Crippen molar-refractivity contribution in [3.05, 3.63) is 58.3 Å². The molecule has 0 atom stereocenters. The Morgan fingerprint density at radius 1 is 0.966 bits per heavy atom. The Balaban J connectivity index is 2.07. The summed E-state index contributed by atoms with van der Waals surface area (Å²) < 4.78 is 5.39. The maximum Gasteiger partial charge on any atom is 0.242 e. The molecule has 0 aliphatic carbocycles. The maximum atomic E-state index is 13.2. The summed E-state index contributed by atoms with van der Waals surface area (Å²) in [5, 5.41) is 2.02. The molecule has 0 fully saturated rings. The Labute approximate surface area is 178 Å². The zero-order chi connectivity index (χ0) is 20.9. The molecule has 29 heavy (non-hydrogen) atoms. The van der Waals surface area contributed by atoms with E-state index < -0.39 is 0 Å². The minimum absolute atomic E-state index is 0.0249. The highest BCUT2D eigenvalue weighted by Crippen LogP contribution is 2.15.